The van der Waals surface area contributed by atoms with Crippen molar-refractivity contribution in [1.29, 1.82) is 0 Å². The van der Waals surface area contributed by atoms with Gasteiger partial charge in [-0.2, -0.15) is 0 Å². The SMILES string of the molecule is CCC(=O)NCC(=O)Oc1c(C)cc(COC(=O)NCCCCCCOP(=O)([O-])OC)cc1C. The van der Waals surface area contributed by atoms with Gasteiger partial charge in [-0.05, 0) is 55.5 Å². The first-order valence-electron chi connectivity index (χ1n) is 11.1. The first kappa shape index (κ1) is 29.6. The first-order valence-corrected chi connectivity index (χ1v) is 12.5. The van der Waals surface area contributed by atoms with Crippen molar-refractivity contribution in [2.75, 3.05) is 26.8 Å². The molecule has 192 valence electrons. The van der Waals surface area contributed by atoms with Crippen molar-refractivity contribution in [3.63, 3.8) is 0 Å². The van der Waals surface area contributed by atoms with E-state index in [4.69, 9.17) is 9.47 Å². The van der Waals surface area contributed by atoms with E-state index in [1.807, 2.05) is 0 Å². The van der Waals surface area contributed by atoms with Crippen molar-refractivity contribution >= 4 is 25.8 Å². The number of hydrogen-bond acceptors (Lipinski definition) is 9. The van der Waals surface area contributed by atoms with Crippen LogP contribution in [0.15, 0.2) is 12.1 Å². The maximum atomic E-state index is 11.9. The van der Waals surface area contributed by atoms with E-state index >= 15 is 0 Å². The molecule has 0 saturated carbocycles. The molecule has 0 fully saturated rings. The largest absolute Gasteiger partial charge is 0.756 e. The molecule has 12 heteroatoms. The monoisotopic (exact) mass is 501 g/mol. The van der Waals surface area contributed by atoms with Crippen molar-refractivity contribution in [1.82, 2.24) is 10.6 Å². The number of benzene rings is 1. The van der Waals surface area contributed by atoms with E-state index in [1.54, 1.807) is 32.9 Å². The van der Waals surface area contributed by atoms with Gasteiger partial charge in [-0.25, -0.2) is 9.59 Å². The predicted molar refractivity (Wildman–Crippen MR) is 122 cm³/mol. The summed E-state index contributed by atoms with van der Waals surface area (Å²) in [5.41, 5.74) is 2.16. The molecular formula is C22H34N2O9P-. The number of aryl methyl sites for hydroxylation is 2. The molecule has 1 unspecified atom stereocenters. The zero-order valence-corrected chi connectivity index (χ0v) is 21.0. The molecule has 0 aliphatic heterocycles. The summed E-state index contributed by atoms with van der Waals surface area (Å²) < 4.78 is 30.4. The summed E-state index contributed by atoms with van der Waals surface area (Å²) in [5, 5.41) is 5.13. The van der Waals surface area contributed by atoms with E-state index in [1.165, 1.54) is 0 Å². The molecule has 2 amide bonds. The van der Waals surface area contributed by atoms with Crippen LogP contribution in [0, 0.1) is 13.8 Å². The Balaban J connectivity index is 2.31. The summed E-state index contributed by atoms with van der Waals surface area (Å²) in [6, 6.07) is 3.53. The van der Waals surface area contributed by atoms with Gasteiger partial charge in [-0.15, -0.1) is 0 Å². The fraction of sp³-hybridized carbons (Fsp3) is 0.591. The molecule has 0 radical (unpaired) electrons. The molecule has 1 aromatic carbocycles. The number of phosphoric ester groups is 1. The average Bonchev–Trinajstić information content (AvgIpc) is 2.80. The second-order valence-electron chi connectivity index (χ2n) is 7.54. The van der Waals surface area contributed by atoms with E-state index < -0.39 is 19.9 Å². The van der Waals surface area contributed by atoms with E-state index in [-0.39, 0.29) is 32.1 Å². The molecule has 2 N–H and O–H groups in total. The minimum atomic E-state index is -4.16. The van der Waals surface area contributed by atoms with Crippen LogP contribution in [0.2, 0.25) is 0 Å². The number of esters is 1. The molecule has 0 aromatic heterocycles. The van der Waals surface area contributed by atoms with Crippen molar-refractivity contribution in [2.24, 2.45) is 0 Å². The highest BCUT2D eigenvalue weighted by molar-refractivity contribution is 7.45. The zero-order chi connectivity index (χ0) is 25.6. The summed E-state index contributed by atoms with van der Waals surface area (Å²) in [5.74, 6) is -0.388. The Labute approximate surface area is 200 Å². The Morgan fingerprint density at radius 1 is 1.03 bits per heavy atom. The predicted octanol–water partition coefficient (Wildman–Crippen LogP) is 2.65. The number of nitrogens with one attached hydrogen (secondary N) is 2. The van der Waals surface area contributed by atoms with Gasteiger partial charge in [0.1, 0.15) is 18.9 Å². The number of phosphoric acid groups is 1. The molecule has 0 saturated heterocycles. The zero-order valence-electron chi connectivity index (χ0n) is 20.1. The number of alkyl carbamates (subject to hydrolysis) is 1. The second-order valence-corrected chi connectivity index (χ2v) is 9.06. The summed E-state index contributed by atoms with van der Waals surface area (Å²) in [4.78, 5) is 46.1. The van der Waals surface area contributed by atoms with Crippen LogP contribution >= 0.6 is 7.82 Å². The fourth-order valence-electron chi connectivity index (χ4n) is 2.93. The van der Waals surface area contributed by atoms with Gasteiger partial charge in [0.2, 0.25) is 5.91 Å². The minimum Gasteiger partial charge on any atom is -0.756 e. The van der Waals surface area contributed by atoms with Crippen LogP contribution < -0.4 is 20.3 Å². The third kappa shape index (κ3) is 12.1. The molecule has 11 nitrogen and oxygen atoms in total. The minimum absolute atomic E-state index is 0.0559. The number of hydrogen-bond donors (Lipinski definition) is 2. The second kappa shape index (κ2) is 15.4. The van der Waals surface area contributed by atoms with E-state index in [9.17, 15) is 23.8 Å². The van der Waals surface area contributed by atoms with E-state index in [0.717, 1.165) is 25.5 Å². The molecule has 34 heavy (non-hydrogen) atoms. The van der Waals surface area contributed by atoms with Gasteiger partial charge in [-0.1, -0.05) is 19.8 Å². The van der Waals surface area contributed by atoms with Gasteiger partial charge in [0.25, 0.3) is 7.82 Å². The van der Waals surface area contributed by atoms with Crippen LogP contribution in [-0.2, 0) is 34.5 Å². The van der Waals surface area contributed by atoms with Gasteiger partial charge < -0.3 is 34.0 Å². The van der Waals surface area contributed by atoms with Crippen LogP contribution in [0.4, 0.5) is 4.79 Å². The Morgan fingerprint density at radius 3 is 2.29 bits per heavy atom. The van der Waals surface area contributed by atoms with Crippen LogP contribution in [0.3, 0.4) is 0 Å². The third-order valence-electron chi connectivity index (χ3n) is 4.67. The maximum Gasteiger partial charge on any atom is 0.407 e. The topological polar surface area (TPSA) is 152 Å². The molecule has 0 aliphatic carbocycles. The molecular weight excluding hydrogens is 467 g/mol. The van der Waals surface area contributed by atoms with Crippen molar-refractivity contribution in [3.8, 4) is 5.75 Å². The average molecular weight is 501 g/mol. The van der Waals surface area contributed by atoms with Crippen molar-refractivity contribution in [3.05, 3.63) is 28.8 Å². The number of carbonyl (C=O) groups excluding carboxylic acids is 3. The van der Waals surface area contributed by atoms with Gasteiger partial charge in [0.05, 0.1) is 6.61 Å². The lowest BCUT2D eigenvalue weighted by molar-refractivity contribution is -0.223. The lowest BCUT2D eigenvalue weighted by atomic mass is 10.1. The van der Waals surface area contributed by atoms with Crippen LogP contribution in [0.5, 0.6) is 5.75 Å². The quantitative estimate of drug-likeness (QED) is 0.160. The number of amides is 2. The Hall–Kier alpha value is -2.46. The molecule has 1 atom stereocenters. The molecule has 1 rings (SSSR count). The van der Waals surface area contributed by atoms with Crippen LogP contribution in [0.25, 0.3) is 0 Å². The van der Waals surface area contributed by atoms with E-state index in [0.29, 0.717) is 36.3 Å². The number of rotatable bonds is 15. The van der Waals surface area contributed by atoms with Crippen molar-refractivity contribution in [2.45, 2.75) is 59.5 Å². The highest BCUT2D eigenvalue weighted by Gasteiger charge is 2.13. The first-order chi connectivity index (χ1) is 16.1. The maximum absolute atomic E-state index is 11.9. The number of ether oxygens (including phenoxy) is 2. The molecule has 0 heterocycles. The lowest BCUT2D eigenvalue weighted by Gasteiger charge is -2.19. The Morgan fingerprint density at radius 2 is 1.68 bits per heavy atom. The Bertz CT molecular complexity index is 853. The Kier molecular flexibility index (Phi) is 13.4. The summed E-state index contributed by atoms with van der Waals surface area (Å²) in [6.45, 7) is 5.59. The summed E-state index contributed by atoms with van der Waals surface area (Å²) >= 11 is 0. The summed E-state index contributed by atoms with van der Waals surface area (Å²) in [7, 11) is -3.12. The lowest BCUT2D eigenvalue weighted by Crippen LogP contribution is -2.31. The smallest absolute Gasteiger partial charge is 0.407 e. The highest BCUT2D eigenvalue weighted by Crippen LogP contribution is 2.36. The van der Waals surface area contributed by atoms with Gasteiger partial charge in [0, 0.05) is 20.1 Å². The van der Waals surface area contributed by atoms with Crippen molar-refractivity contribution < 1.29 is 42.4 Å². The molecule has 0 aliphatic rings. The van der Waals surface area contributed by atoms with Crippen LogP contribution in [-0.4, -0.2) is 44.8 Å². The third-order valence-corrected chi connectivity index (χ3v) is 5.62. The number of carbonyl (C=O) groups is 3. The van der Waals surface area contributed by atoms with E-state index in [2.05, 4.69) is 19.7 Å². The number of unbranched alkanes of at least 4 members (excludes halogenated alkanes) is 3. The normalized spacial score (nSPS) is 12.5. The molecule has 0 bridgehead atoms. The standard InChI is InChI=1S/C22H35N2O9P/c1-5-19(25)24-14-20(26)33-21-16(2)12-18(13-17(21)3)15-31-22(27)23-10-8-6-7-9-11-32-34(28,29)30-4/h12-13H,5-11,14-15H2,1-4H3,(H,23,27)(H,24,25)(H,28,29)/p-1. The van der Waals surface area contributed by atoms with Gasteiger partial charge >= 0.3 is 12.1 Å². The fourth-order valence-corrected chi connectivity index (χ4v) is 3.39. The van der Waals surface area contributed by atoms with Gasteiger partial charge in [-0.3, -0.25) is 9.36 Å². The summed E-state index contributed by atoms with van der Waals surface area (Å²) in [6.07, 6.45) is 2.56. The highest BCUT2D eigenvalue weighted by atomic mass is 31.2. The molecule has 1 aromatic rings. The van der Waals surface area contributed by atoms with Gasteiger partial charge in [0.15, 0.2) is 0 Å². The molecule has 0 spiro atoms. The van der Waals surface area contributed by atoms with Crippen LogP contribution in [0.1, 0.15) is 55.7 Å².